The number of carbonyl (C=O) groups is 3. The number of carbonyl (C=O) groups excluding carboxylic acids is 3. The van der Waals surface area contributed by atoms with Crippen molar-refractivity contribution >= 4 is 39.9 Å². The molecule has 1 N–H and O–H groups in total. The summed E-state index contributed by atoms with van der Waals surface area (Å²) in [5, 5.41) is 2.96. The minimum Gasteiger partial charge on any atom is -0.495 e. The Kier molecular flexibility index (Phi) is 5.41. The first-order valence-electron chi connectivity index (χ1n) is 8.23. The van der Waals surface area contributed by atoms with E-state index in [4.69, 9.17) is 4.74 Å². The third-order valence-corrected chi connectivity index (χ3v) is 5.14. The monoisotopic (exact) mass is 389 g/mol. The van der Waals surface area contributed by atoms with Crippen LogP contribution in [0.25, 0.3) is 0 Å². The van der Waals surface area contributed by atoms with E-state index in [2.05, 4.69) is 15.0 Å². The highest BCUT2D eigenvalue weighted by atomic mass is 32.1. The molecule has 27 heavy (non-hydrogen) atoms. The predicted molar refractivity (Wildman–Crippen MR) is 100 cm³/mol. The molecule has 1 saturated heterocycles. The molecule has 3 rings (SSSR count). The number of aromatic nitrogens is 1. The maximum Gasteiger partial charge on any atom is 0.349 e. The zero-order valence-electron chi connectivity index (χ0n) is 15.1. The van der Waals surface area contributed by atoms with Gasteiger partial charge in [0.2, 0.25) is 11.8 Å². The van der Waals surface area contributed by atoms with Crippen LogP contribution in [0.3, 0.4) is 0 Å². The van der Waals surface area contributed by atoms with Crippen LogP contribution in [-0.4, -0.2) is 43.5 Å². The van der Waals surface area contributed by atoms with Gasteiger partial charge >= 0.3 is 5.97 Å². The van der Waals surface area contributed by atoms with Crippen molar-refractivity contribution in [3.63, 3.8) is 0 Å². The van der Waals surface area contributed by atoms with E-state index in [0.717, 1.165) is 16.9 Å². The molecule has 2 aromatic rings. The lowest BCUT2D eigenvalue weighted by atomic mass is 10.1. The molecular weight excluding hydrogens is 370 g/mol. The normalized spacial score (nSPS) is 16.3. The highest BCUT2D eigenvalue weighted by Gasteiger charge is 2.36. The Morgan fingerprint density at radius 2 is 2.11 bits per heavy atom. The maximum absolute atomic E-state index is 12.5. The van der Waals surface area contributed by atoms with Crippen molar-refractivity contribution in [3.8, 4) is 5.75 Å². The molecule has 9 heteroatoms. The Labute approximate surface area is 160 Å². The van der Waals surface area contributed by atoms with Crippen LogP contribution >= 0.6 is 11.3 Å². The summed E-state index contributed by atoms with van der Waals surface area (Å²) >= 11 is 1.02. The lowest BCUT2D eigenvalue weighted by Crippen LogP contribution is -2.28. The van der Waals surface area contributed by atoms with Gasteiger partial charge in [0.1, 0.15) is 10.6 Å². The molecule has 2 heterocycles. The highest BCUT2D eigenvalue weighted by Crippen LogP contribution is 2.34. The molecule has 1 aliphatic heterocycles. The van der Waals surface area contributed by atoms with E-state index >= 15 is 0 Å². The van der Waals surface area contributed by atoms with Gasteiger partial charge in [-0.05, 0) is 24.6 Å². The second kappa shape index (κ2) is 7.75. The van der Waals surface area contributed by atoms with Gasteiger partial charge in [0.25, 0.3) is 0 Å². The van der Waals surface area contributed by atoms with Crippen LogP contribution in [0.5, 0.6) is 5.75 Å². The number of nitrogens with zero attached hydrogens (tertiary/aromatic N) is 2. The third kappa shape index (κ3) is 3.92. The van der Waals surface area contributed by atoms with Crippen LogP contribution < -0.4 is 15.0 Å². The van der Waals surface area contributed by atoms with Gasteiger partial charge in [-0.3, -0.25) is 9.59 Å². The zero-order valence-corrected chi connectivity index (χ0v) is 16.0. The molecule has 1 atom stereocenters. The number of nitrogens with one attached hydrogen (secondary N) is 1. The summed E-state index contributed by atoms with van der Waals surface area (Å²) in [5.41, 5.74) is 1.64. The van der Waals surface area contributed by atoms with Crippen molar-refractivity contribution in [1.82, 2.24) is 4.98 Å². The van der Waals surface area contributed by atoms with Crippen molar-refractivity contribution in [1.29, 1.82) is 0 Å². The van der Waals surface area contributed by atoms with Gasteiger partial charge in [-0.2, -0.15) is 0 Å². The number of methoxy groups -OCH3 is 2. The zero-order chi connectivity index (χ0) is 19.6. The topological polar surface area (TPSA) is 97.8 Å². The summed E-state index contributed by atoms with van der Waals surface area (Å²) in [7, 11) is 2.82. The van der Waals surface area contributed by atoms with Gasteiger partial charge in [0, 0.05) is 13.0 Å². The number of esters is 1. The Bertz CT molecular complexity index is 895. The number of ether oxygens (including phenoxy) is 2. The lowest BCUT2D eigenvalue weighted by molar-refractivity contribution is -0.122. The number of benzene rings is 1. The Morgan fingerprint density at radius 3 is 2.81 bits per heavy atom. The summed E-state index contributed by atoms with van der Waals surface area (Å²) in [5.74, 6) is -0.913. The minimum atomic E-state index is -0.520. The molecule has 1 unspecified atom stereocenters. The smallest absolute Gasteiger partial charge is 0.349 e. The summed E-state index contributed by atoms with van der Waals surface area (Å²) < 4.78 is 9.96. The number of anilines is 2. The molecule has 1 aliphatic rings. The summed E-state index contributed by atoms with van der Waals surface area (Å²) in [6, 6.07) is 5.56. The molecule has 8 nitrogen and oxygen atoms in total. The first-order valence-corrected chi connectivity index (χ1v) is 9.04. The summed E-state index contributed by atoms with van der Waals surface area (Å²) in [6.45, 7) is 2.18. The van der Waals surface area contributed by atoms with Gasteiger partial charge in [0.05, 0.1) is 32.0 Å². The van der Waals surface area contributed by atoms with E-state index in [0.29, 0.717) is 21.4 Å². The second-order valence-corrected chi connectivity index (χ2v) is 7.12. The minimum absolute atomic E-state index is 0.0954. The Balaban J connectivity index is 1.72. The highest BCUT2D eigenvalue weighted by molar-refractivity contribution is 7.17. The number of rotatable bonds is 5. The molecule has 0 saturated carbocycles. The van der Waals surface area contributed by atoms with Crippen LogP contribution in [0.4, 0.5) is 10.8 Å². The van der Waals surface area contributed by atoms with Crippen molar-refractivity contribution in [2.75, 3.05) is 31.0 Å². The van der Waals surface area contributed by atoms with Crippen molar-refractivity contribution < 1.29 is 23.9 Å². The third-order valence-electron chi connectivity index (χ3n) is 4.24. The SMILES string of the molecule is COC(=O)c1cnc(NC(=O)C2CC(=O)N(c3cc(C)ccc3OC)C2)s1. The maximum atomic E-state index is 12.5. The van der Waals surface area contributed by atoms with Gasteiger partial charge in [0.15, 0.2) is 5.13 Å². The largest absolute Gasteiger partial charge is 0.495 e. The van der Waals surface area contributed by atoms with E-state index < -0.39 is 11.9 Å². The molecule has 0 radical (unpaired) electrons. The fraction of sp³-hybridized carbons (Fsp3) is 0.333. The van der Waals surface area contributed by atoms with E-state index in [1.807, 2.05) is 19.1 Å². The molecule has 2 amide bonds. The van der Waals surface area contributed by atoms with Crippen molar-refractivity contribution in [2.45, 2.75) is 13.3 Å². The Hall–Kier alpha value is -2.94. The molecule has 0 aliphatic carbocycles. The first-order chi connectivity index (χ1) is 12.9. The standard InChI is InChI=1S/C18H19N3O5S/c1-10-4-5-13(25-2)12(6-10)21-9-11(7-15(21)22)16(23)20-18-19-8-14(27-18)17(24)26-3/h4-6,8,11H,7,9H2,1-3H3,(H,19,20,23). The molecular formula is C18H19N3O5S. The van der Waals surface area contributed by atoms with Gasteiger partial charge in [-0.15, -0.1) is 0 Å². The van der Waals surface area contributed by atoms with Crippen LogP contribution in [0.2, 0.25) is 0 Å². The predicted octanol–water partition coefficient (Wildman–Crippen LogP) is 2.24. The lowest BCUT2D eigenvalue weighted by Gasteiger charge is -2.20. The average molecular weight is 389 g/mol. The van der Waals surface area contributed by atoms with E-state index in [9.17, 15) is 14.4 Å². The number of hydrogen-bond acceptors (Lipinski definition) is 7. The summed E-state index contributed by atoms with van der Waals surface area (Å²) in [6.07, 6.45) is 1.44. The molecule has 1 aromatic carbocycles. The van der Waals surface area contributed by atoms with E-state index in [1.54, 1.807) is 18.1 Å². The van der Waals surface area contributed by atoms with E-state index in [1.165, 1.54) is 13.3 Å². The van der Waals surface area contributed by atoms with Crippen LogP contribution in [0.1, 0.15) is 21.7 Å². The molecule has 1 aromatic heterocycles. The number of aryl methyl sites for hydroxylation is 1. The van der Waals surface area contributed by atoms with E-state index in [-0.39, 0.29) is 24.8 Å². The van der Waals surface area contributed by atoms with Crippen LogP contribution in [0.15, 0.2) is 24.4 Å². The quantitative estimate of drug-likeness (QED) is 0.788. The van der Waals surface area contributed by atoms with Crippen molar-refractivity contribution in [3.05, 3.63) is 34.8 Å². The number of thiazole rings is 1. The Morgan fingerprint density at radius 1 is 1.33 bits per heavy atom. The molecule has 142 valence electrons. The van der Waals surface area contributed by atoms with Crippen molar-refractivity contribution in [2.24, 2.45) is 5.92 Å². The van der Waals surface area contributed by atoms with Gasteiger partial charge in [-0.25, -0.2) is 9.78 Å². The van der Waals surface area contributed by atoms with Gasteiger partial charge in [-0.1, -0.05) is 17.4 Å². The summed E-state index contributed by atoms with van der Waals surface area (Å²) in [4.78, 5) is 42.3. The fourth-order valence-corrected chi connectivity index (χ4v) is 3.60. The van der Waals surface area contributed by atoms with Crippen LogP contribution in [0, 0.1) is 12.8 Å². The fourth-order valence-electron chi connectivity index (χ4n) is 2.86. The molecule has 0 spiro atoms. The second-order valence-electron chi connectivity index (χ2n) is 6.09. The number of amides is 2. The number of hydrogen-bond donors (Lipinski definition) is 1. The molecule has 1 fully saturated rings. The van der Waals surface area contributed by atoms with Crippen LogP contribution in [-0.2, 0) is 14.3 Å². The first kappa shape index (κ1) is 18.8. The average Bonchev–Trinajstić information content (AvgIpc) is 3.27. The molecule has 0 bridgehead atoms. The van der Waals surface area contributed by atoms with Gasteiger partial charge < -0.3 is 19.7 Å².